The fraction of sp³-hybridized carbons (Fsp3) is 0.304. The highest BCUT2D eigenvalue weighted by molar-refractivity contribution is 7.03. The summed E-state index contributed by atoms with van der Waals surface area (Å²) in [5, 5.41) is 8.57. The van der Waals surface area contributed by atoms with E-state index >= 15 is 0 Å². The van der Waals surface area contributed by atoms with Gasteiger partial charge in [-0.05, 0) is 62.0 Å². The summed E-state index contributed by atoms with van der Waals surface area (Å²) in [5.41, 5.74) is 2.27. The van der Waals surface area contributed by atoms with Gasteiger partial charge in [-0.25, -0.2) is 0 Å². The zero-order valence-electron chi connectivity index (χ0n) is 17.6. The van der Waals surface area contributed by atoms with Crippen LogP contribution in [0.2, 0.25) is 0 Å². The summed E-state index contributed by atoms with van der Waals surface area (Å²) in [6.07, 6.45) is 0.894. The van der Waals surface area contributed by atoms with Gasteiger partial charge in [-0.1, -0.05) is 53.9 Å². The minimum atomic E-state index is -0.855. The monoisotopic (exact) mass is 422 g/mol. The van der Waals surface area contributed by atoms with Gasteiger partial charge in [-0.3, -0.25) is 14.5 Å². The van der Waals surface area contributed by atoms with Crippen LogP contribution in [0.3, 0.4) is 0 Å². The number of hydrogen-bond acceptors (Lipinski definition) is 5. The Morgan fingerprint density at radius 3 is 2.27 bits per heavy atom. The first-order chi connectivity index (χ1) is 14.3. The van der Waals surface area contributed by atoms with E-state index in [-0.39, 0.29) is 17.5 Å². The lowest BCUT2D eigenvalue weighted by Gasteiger charge is -2.33. The third-order valence-corrected chi connectivity index (χ3v) is 5.05. The summed E-state index contributed by atoms with van der Waals surface area (Å²) in [6.45, 7) is 7.83. The number of aryl methyl sites for hydroxylation is 1. The zero-order chi connectivity index (χ0) is 21.7. The third kappa shape index (κ3) is 5.10. The summed E-state index contributed by atoms with van der Waals surface area (Å²) in [5.74, 6) is -0.629. The minimum Gasteiger partial charge on any atom is -0.349 e. The Morgan fingerprint density at radius 1 is 1.07 bits per heavy atom. The highest BCUT2D eigenvalue weighted by atomic mass is 32.1. The summed E-state index contributed by atoms with van der Waals surface area (Å²) in [7, 11) is 0. The Hall–Kier alpha value is -3.06. The van der Waals surface area contributed by atoms with Gasteiger partial charge in [-0.15, -0.1) is 5.10 Å². The van der Waals surface area contributed by atoms with E-state index in [0.29, 0.717) is 5.69 Å². The number of anilines is 1. The first-order valence-electron chi connectivity index (χ1n) is 9.86. The molecule has 3 aromatic rings. The van der Waals surface area contributed by atoms with Gasteiger partial charge in [0.25, 0.3) is 5.91 Å². The van der Waals surface area contributed by atoms with Crippen molar-refractivity contribution in [3.8, 4) is 0 Å². The maximum Gasteiger partial charge on any atom is 0.280 e. The molecule has 2 aromatic carbocycles. The van der Waals surface area contributed by atoms with Crippen molar-refractivity contribution in [3.63, 3.8) is 0 Å². The minimum absolute atomic E-state index is 0.211. The molecule has 1 heterocycles. The molecule has 156 valence electrons. The van der Waals surface area contributed by atoms with Crippen molar-refractivity contribution in [1.29, 1.82) is 0 Å². The average molecular weight is 423 g/mol. The van der Waals surface area contributed by atoms with Gasteiger partial charge in [0.05, 0.1) is 0 Å². The van der Waals surface area contributed by atoms with Crippen molar-refractivity contribution in [2.75, 3.05) is 4.90 Å². The molecule has 6 nitrogen and oxygen atoms in total. The topological polar surface area (TPSA) is 75.2 Å². The predicted octanol–water partition coefficient (Wildman–Crippen LogP) is 4.40. The Bertz CT molecular complexity index is 980. The molecule has 0 aliphatic rings. The molecule has 3 rings (SSSR count). The molecule has 1 aromatic heterocycles. The zero-order valence-corrected chi connectivity index (χ0v) is 18.4. The van der Waals surface area contributed by atoms with Gasteiger partial charge in [0.1, 0.15) is 6.04 Å². The van der Waals surface area contributed by atoms with Gasteiger partial charge < -0.3 is 5.32 Å². The smallest absolute Gasteiger partial charge is 0.280 e. The van der Waals surface area contributed by atoms with Gasteiger partial charge in [0.2, 0.25) is 5.91 Å². The predicted molar refractivity (Wildman–Crippen MR) is 120 cm³/mol. The normalized spacial score (nSPS) is 12.3. The van der Waals surface area contributed by atoms with Gasteiger partial charge in [-0.2, -0.15) is 0 Å². The second kappa shape index (κ2) is 9.17. The van der Waals surface area contributed by atoms with E-state index in [1.165, 1.54) is 4.90 Å². The molecule has 1 atom stereocenters. The van der Waals surface area contributed by atoms with E-state index in [4.69, 9.17) is 0 Å². The Labute approximate surface area is 181 Å². The van der Waals surface area contributed by atoms with Crippen molar-refractivity contribution in [2.45, 2.75) is 45.7 Å². The molecule has 1 N–H and O–H groups in total. The van der Waals surface area contributed by atoms with Crippen LogP contribution in [-0.2, 0) is 11.2 Å². The maximum absolute atomic E-state index is 13.5. The molecule has 0 saturated carbocycles. The number of carbonyl (C=O) groups excluding carboxylic acids is 2. The Morgan fingerprint density at radius 2 is 1.73 bits per heavy atom. The van der Waals surface area contributed by atoms with Crippen LogP contribution in [0.5, 0.6) is 0 Å². The summed E-state index contributed by atoms with van der Waals surface area (Å²) in [4.78, 5) is 28.4. The van der Waals surface area contributed by atoms with Gasteiger partial charge in [0, 0.05) is 16.6 Å². The molecule has 0 spiro atoms. The molecule has 0 fully saturated rings. The van der Waals surface area contributed by atoms with Crippen LogP contribution >= 0.6 is 11.5 Å². The lowest BCUT2D eigenvalue weighted by Crippen LogP contribution is -2.49. The molecule has 7 heteroatoms. The van der Waals surface area contributed by atoms with Crippen molar-refractivity contribution in [3.05, 3.63) is 76.8 Å². The van der Waals surface area contributed by atoms with Crippen molar-refractivity contribution in [1.82, 2.24) is 14.9 Å². The molecule has 0 radical (unpaired) electrons. The Kier molecular flexibility index (Phi) is 6.62. The van der Waals surface area contributed by atoms with E-state index in [0.717, 1.165) is 29.1 Å². The van der Waals surface area contributed by atoms with Crippen molar-refractivity contribution in [2.24, 2.45) is 0 Å². The lowest BCUT2D eigenvalue weighted by molar-refractivity contribution is -0.123. The van der Waals surface area contributed by atoms with E-state index in [1.807, 2.05) is 75.4 Å². The van der Waals surface area contributed by atoms with E-state index in [2.05, 4.69) is 21.8 Å². The lowest BCUT2D eigenvalue weighted by atomic mass is 9.99. The summed E-state index contributed by atoms with van der Waals surface area (Å²) in [6, 6.07) is 16.1. The quantitative estimate of drug-likeness (QED) is 0.639. The first kappa shape index (κ1) is 21.6. The number of carbonyl (C=O) groups is 2. The maximum atomic E-state index is 13.5. The fourth-order valence-corrected chi connectivity index (χ4v) is 3.57. The summed E-state index contributed by atoms with van der Waals surface area (Å²) >= 11 is 1.10. The molecular weight excluding hydrogens is 396 g/mol. The largest absolute Gasteiger partial charge is 0.349 e. The molecule has 0 aliphatic heterocycles. The van der Waals surface area contributed by atoms with Crippen LogP contribution in [0.15, 0.2) is 60.0 Å². The molecular formula is C23H26N4O2S. The number of benzene rings is 2. The molecule has 0 saturated heterocycles. The van der Waals surface area contributed by atoms with E-state index in [1.54, 1.807) is 5.38 Å². The van der Waals surface area contributed by atoms with Crippen LogP contribution in [0, 0.1) is 0 Å². The van der Waals surface area contributed by atoms with Crippen LogP contribution < -0.4 is 10.2 Å². The average Bonchev–Trinajstić information content (AvgIpc) is 3.26. The van der Waals surface area contributed by atoms with Crippen LogP contribution in [0.4, 0.5) is 5.69 Å². The molecule has 0 bridgehead atoms. The van der Waals surface area contributed by atoms with Gasteiger partial charge >= 0.3 is 0 Å². The molecule has 2 amide bonds. The molecule has 0 aliphatic carbocycles. The van der Waals surface area contributed by atoms with Crippen molar-refractivity contribution >= 4 is 29.0 Å². The number of amides is 2. The SMILES string of the molecule is CCc1ccc(C(C(=O)NC(C)(C)C)N(C(=O)c2csnn2)c2ccccc2)cc1. The second-order valence-corrected chi connectivity index (χ2v) is 8.65. The van der Waals surface area contributed by atoms with Crippen LogP contribution in [0.1, 0.15) is 55.4 Å². The van der Waals surface area contributed by atoms with Crippen molar-refractivity contribution < 1.29 is 9.59 Å². The Balaban J connectivity index is 2.14. The first-order valence-corrected chi connectivity index (χ1v) is 10.7. The number of nitrogens with one attached hydrogen (secondary N) is 1. The summed E-state index contributed by atoms with van der Waals surface area (Å²) < 4.78 is 3.82. The number of rotatable bonds is 6. The molecule has 1 unspecified atom stereocenters. The third-order valence-electron chi connectivity index (χ3n) is 4.54. The number of aromatic nitrogens is 2. The van der Waals surface area contributed by atoms with Crippen LogP contribution in [-0.4, -0.2) is 26.9 Å². The van der Waals surface area contributed by atoms with Crippen LogP contribution in [0.25, 0.3) is 0 Å². The standard InChI is InChI=1S/C23H26N4O2S/c1-5-16-11-13-17(14-12-16)20(21(28)24-23(2,3)4)27(18-9-7-6-8-10-18)22(29)19-15-30-26-25-19/h6-15,20H,5H2,1-4H3,(H,24,28). The fourth-order valence-electron chi connectivity index (χ4n) is 3.14. The van der Waals surface area contributed by atoms with E-state index in [9.17, 15) is 9.59 Å². The van der Waals surface area contributed by atoms with E-state index < -0.39 is 11.6 Å². The molecule has 30 heavy (non-hydrogen) atoms. The number of nitrogens with zero attached hydrogens (tertiary/aromatic N) is 3. The second-order valence-electron chi connectivity index (χ2n) is 8.04. The van der Waals surface area contributed by atoms with Gasteiger partial charge in [0.15, 0.2) is 5.69 Å². The highest BCUT2D eigenvalue weighted by Gasteiger charge is 2.35. The highest BCUT2D eigenvalue weighted by Crippen LogP contribution is 2.30. The number of hydrogen-bond donors (Lipinski definition) is 1. The number of para-hydroxylation sites is 1.